The minimum atomic E-state index is -0.322. The second-order valence-corrected chi connectivity index (χ2v) is 37.3. The number of aromatic amines is 4. The van der Waals surface area contributed by atoms with Crippen molar-refractivity contribution in [3.05, 3.63) is 301 Å². The van der Waals surface area contributed by atoms with Crippen molar-refractivity contribution in [1.29, 1.82) is 0 Å². The molecule has 728 valence electrons. The van der Waals surface area contributed by atoms with Gasteiger partial charge in [-0.25, -0.2) is 4.79 Å². The van der Waals surface area contributed by atoms with E-state index in [1.807, 2.05) is 182 Å². The molecule has 5 aromatic carbocycles. The third-order valence-corrected chi connectivity index (χ3v) is 26.3. The van der Waals surface area contributed by atoms with E-state index < -0.39 is 0 Å². The molecule has 7 amide bonds. The molecule has 35 heteroatoms. The molecule has 12 aromatic heterocycles. The Morgan fingerprint density at radius 2 is 0.632 bits per heavy atom. The number of para-hydroxylation sites is 1. The number of ether oxygens (including phenoxy) is 1. The van der Waals surface area contributed by atoms with Gasteiger partial charge in [0.05, 0.1) is 122 Å². The highest BCUT2D eigenvalue weighted by Crippen LogP contribution is 2.36. The number of urea groups is 1. The van der Waals surface area contributed by atoms with Gasteiger partial charge in [-0.15, -0.1) is 0 Å². The molecular weight excluding hydrogens is 1810 g/mol. The molecule has 17 aromatic rings. The van der Waals surface area contributed by atoms with Crippen LogP contribution in [0, 0.1) is 5.92 Å². The van der Waals surface area contributed by atoms with Gasteiger partial charge in [-0.05, 0) is 297 Å². The molecule has 5 saturated heterocycles. The summed E-state index contributed by atoms with van der Waals surface area (Å²) in [6.07, 6.45) is 33.9. The molecule has 0 radical (unpaired) electrons. The van der Waals surface area contributed by atoms with Gasteiger partial charge in [0.1, 0.15) is 11.5 Å². The average molecular weight is 1920 g/mol. The Morgan fingerprint density at radius 3 is 0.965 bits per heavy atom. The minimum Gasteiger partial charge on any atom is -0.456 e. The van der Waals surface area contributed by atoms with Crippen molar-refractivity contribution in [3.8, 4) is 56.0 Å². The van der Waals surface area contributed by atoms with E-state index >= 15 is 0 Å². The highest BCUT2D eigenvalue weighted by Gasteiger charge is 2.31. The summed E-state index contributed by atoms with van der Waals surface area (Å²) in [4.78, 5) is 125. The number of H-pyrrole nitrogens is 4. The molecule has 6 aliphatic rings. The zero-order valence-corrected chi connectivity index (χ0v) is 80.0. The number of hydrogen-bond donors (Lipinski definition) is 10. The monoisotopic (exact) mass is 1920 g/mol. The lowest BCUT2D eigenvalue weighted by Gasteiger charge is -2.30. The van der Waals surface area contributed by atoms with E-state index in [2.05, 4.69) is 143 Å². The lowest BCUT2D eigenvalue weighted by atomic mass is 10.0. The predicted octanol–water partition coefficient (Wildman–Crippen LogP) is 17.9. The van der Waals surface area contributed by atoms with Crippen molar-refractivity contribution in [3.63, 3.8) is 0 Å². The van der Waals surface area contributed by atoms with E-state index in [1.54, 1.807) is 76.1 Å². The highest BCUT2D eigenvalue weighted by atomic mass is 16.5. The van der Waals surface area contributed by atoms with E-state index in [4.69, 9.17) is 4.74 Å². The third-order valence-electron chi connectivity index (χ3n) is 26.3. The number of nitrogens with one attached hydrogen (secondary N) is 10. The first-order valence-corrected chi connectivity index (χ1v) is 48.9. The fourth-order valence-electron chi connectivity index (χ4n) is 18.2. The molecule has 0 spiro atoms. The van der Waals surface area contributed by atoms with Crippen molar-refractivity contribution >= 4 is 113 Å². The van der Waals surface area contributed by atoms with Crippen molar-refractivity contribution in [2.24, 2.45) is 5.92 Å². The Bertz CT molecular complexity index is 7220. The van der Waals surface area contributed by atoms with Gasteiger partial charge in [-0.2, -0.15) is 20.4 Å². The minimum absolute atomic E-state index is 0.0387. The number of nitrogens with zero attached hydrogens (tertiary/aromatic N) is 18. The van der Waals surface area contributed by atoms with Gasteiger partial charge in [0, 0.05) is 128 Å². The molecule has 17 heterocycles. The van der Waals surface area contributed by atoms with Gasteiger partial charge in [-0.3, -0.25) is 109 Å². The van der Waals surface area contributed by atoms with Crippen LogP contribution in [0.1, 0.15) is 141 Å². The first-order valence-electron chi connectivity index (χ1n) is 48.9. The molecule has 1 aliphatic carbocycles. The normalized spacial score (nSPS) is 14.8. The van der Waals surface area contributed by atoms with Gasteiger partial charge < -0.3 is 41.5 Å². The smallest absolute Gasteiger partial charge is 0.321 e. The maximum absolute atomic E-state index is 13.1. The molecule has 0 atom stereocenters. The Kier molecular flexibility index (Phi) is 29.3. The van der Waals surface area contributed by atoms with Crippen molar-refractivity contribution in [2.45, 2.75) is 103 Å². The molecule has 35 nitrogen and oxygen atoms in total. The van der Waals surface area contributed by atoms with Crippen molar-refractivity contribution < 1.29 is 33.5 Å². The van der Waals surface area contributed by atoms with Crippen LogP contribution in [0.4, 0.5) is 38.9 Å². The summed E-state index contributed by atoms with van der Waals surface area (Å²) in [5.74, 6) is 0.349. The quantitative estimate of drug-likeness (QED) is 0.0229. The fourth-order valence-corrected chi connectivity index (χ4v) is 18.2. The van der Waals surface area contributed by atoms with Gasteiger partial charge in [0.2, 0.25) is 5.91 Å². The summed E-state index contributed by atoms with van der Waals surface area (Å²) in [7, 11) is 3.34. The van der Waals surface area contributed by atoms with E-state index in [0.717, 1.165) is 217 Å². The van der Waals surface area contributed by atoms with E-state index in [-0.39, 0.29) is 47.2 Å². The molecule has 0 bridgehead atoms. The number of fused-ring (bicyclic) bond motifs is 4. The Labute approximate surface area is 830 Å². The zero-order valence-electron chi connectivity index (χ0n) is 80.0. The lowest BCUT2D eigenvalue weighted by molar-refractivity contribution is -0.117. The number of pyridine rings is 8. The van der Waals surface area contributed by atoms with E-state index in [0.29, 0.717) is 67.7 Å². The lowest BCUT2D eigenvalue weighted by Crippen LogP contribution is -2.36. The standard InChI is InChI=1S/C29H26N6O2.C27H27N7O2.C27H29N7O.C26H28N8O2/c36-29(32-22-9-10-23(31-17-22)19-35-12-4-5-13-35)28-26-15-20(8-11-27(26)33-34-28)21-14-25(18-30-16-21)37-24-6-2-1-3-7-24;35-26(17-3-4-17)31-22-11-19(13-28-14-22)18-5-8-24-23(12-18)25(33-32-24)27(36)30-20-6-7-21(29-15-20)16-34-9-1-2-10-34;35-27(30-22-5-6-23(29-16-22)18-34-8-1-2-9-34)26-24-13-20(4-7-25(24)31-32-26)21-12-19(14-28-15-21)17-33-10-3-11-33;1-33(2)26(36)30-21-11-18(13-27-14-21)17-5-8-23-22(12-17)24(32-31-23)25(35)29-19-6-7-20(28-15-19)16-34-9-3-4-10-34/h1-3,6-11,14-18H,4-5,12-13,19H2,(H,32,36)(H,33,34);5-8,11-15,17H,1-4,9-10,16H2,(H,30,36)(H,31,35)(H,32,33);4-7,12-16H,1-3,8-11,17-18H2,(H,30,35)(H,31,32);5-8,11-15H,3-4,9-10,16H2,1-2H3,(H,29,35)(H,30,36)(H,31,32). The largest absolute Gasteiger partial charge is 0.456 e. The summed E-state index contributed by atoms with van der Waals surface area (Å²) in [6, 6.07) is 55.8. The van der Waals surface area contributed by atoms with E-state index in [9.17, 15) is 28.8 Å². The number of aromatic nitrogens is 16. The van der Waals surface area contributed by atoms with Crippen LogP contribution in [0.2, 0.25) is 0 Å². The third kappa shape index (κ3) is 24.0. The topological polar surface area (TPSA) is 421 Å². The van der Waals surface area contributed by atoms with Crippen LogP contribution in [-0.4, -0.2) is 225 Å². The summed E-state index contributed by atoms with van der Waals surface area (Å²) >= 11 is 0. The molecule has 5 aliphatic heterocycles. The maximum atomic E-state index is 13.1. The second-order valence-electron chi connectivity index (χ2n) is 37.3. The Balaban J connectivity index is 0.000000117. The first-order chi connectivity index (χ1) is 70.5. The number of carbonyl (C=O) groups is 6. The fraction of sp³-hybridized carbons (Fsp3) is 0.266. The zero-order chi connectivity index (χ0) is 98.2. The number of rotatable bonds is 27. The average Bonchev–Trinajstić information content (AvgIpc) is 1.64. The number of hydrogen-bond acceptors (Lipinski definition) is 24. The van der Waals surface area contributed by atoms with Crippen molar-refractivity contribution in [1.82, 2.24) is 110 Å². The molecule has 144 heavy (non-hydrogen) atoms. The number of amides is 7. The van der Waals surface area contributed by atoms with Crippen molar-refractivity contribution in [2.75, 3.05) is 111 Å². The van der Waals surface area contributed by atoms with Crippen LogP contribution in [0.3, 0.4) is 0 Å². The maximum Gasteiger partial charge on any atom is 0.321 e. The number of carbonyl (C=O) groups excluding carboxylic acids is 6. The summed E-state index contributed by atoms with van der Waals surface area (Å²) in [5.41, 5.74) is 20.6. The van der Waals surface area contributed by atoms with Gasteiger partial charge >= 0.3 is 6.03 Å². The van der Waals surface area contributed by atoms with Gasteiger partial charge in [0.25, 0.3) is 23.6 Å². The van der Waals surface area contributed by atoms with Gasteiger partial charge in [-0.1, -0.05) is 42.5 Å². The van der Waals surface area contributed by atoms with Crippen LogP contribution in [0.5, 0.6) is 11.5 Å². The van der Waals surface area contributed by atoms with E-state index in [1.165, 1.54) is 68.3 Å². The van der Waals surface area contributed by atoms with Crippen LogP contribution in [-0.2, 0) is 37.5 Å². The molecule has 0 unspecified atom stereocenters. The molecule has 23 rings (SSSR count). The second kappa shape index (κ2) is 44.5. The van der Waals surface area contributed by atoms with Crippen LogP contribution in [0.25, 0.3) is 88.1 Å². The van der Waals surface area contributed by atoms with Crippen LogP contribution < -0.4 is 36.6 Å². The van der Waals surface area contributed by atoms with Crippen LogP contribution in [0.15, 0.2) is 250 Å². The predicted molar refractivity (Wildman–Crippen MR) is 555 cm³/mol. The summed E-state index contributed by atoms with van der Waals surface area (Å²) < 4.78 is 5.93. The first kappa shape index (κ1) is 95.0. The summed E-state index contributed by atoms with van der Waals surface area (Å²) in [6.45, 7) is 15.5. The molecule has 1 saturated carbocycles. The number of anilines is 6. The Hall–Kier alpha value is -16.6. The van der Waals surface area contributed by atoms with Crippen LogP contribution >= 0.6 is 0 Å². The summed E-state index contributed by atoms with van der Waals surface area (Å²) in [5, 5.41) is 49.2. The van der Waals surface area contributed by atoms with Gasteiger partial charge in [0.15, 0.2) is 22.8 Å². The number of benzene rings is 5. The Morgan fingerprint density at radius 1 is 0.306 bits per heavy atom. The number of likely N-dealkylation sites (tertiary alicyclic amines) is 5. The molecular formula is C109H110N28O7. The molecule has 10 N–H and O–H groups in total. The highest BCUT2D eigenvalue weighted by molar-refractivity contribution is 6.15. The molecule has 6 fully saturated rings. The SMILES string of the molecule is CN(C)C(=O)Nc1cncc(-c2ccc3[nH]nc(C(=O)Nc4ccc(CN5CCCC5)nc4)c3c2)c1.O=C(Nc1ccc(CN2CCCC2)nc1)c1n[nH]c2ccc(-c3cncc(CN4CCC4)c3)cc12.O=C(Nc1ccc(CN2CCCC2)nc1)c1n[nH]c2ccc(-c3cncc(NC(=O)C4CC4)c3)cc12.O=C(Nc1ccc(CN2CCCC2)nc1)c1n[nH]c2ccc(-c3cncc(Oc4ccccc4)c3)cc12.